The maximum atomic E-state index is 12.1. The van der Waals surface area contributed by atoms with Crippen LogP contribution in [-0.4, -0.2) is 35.9 Å². The van der Waals surface area contributed by atoms with E-state index >= 15 is 0 Å². The molecular weight excluding hydrogens is 418 g/mol. The van der Waals surface area contributed by atoms with E-state index in [0.717, 1.165) is 28.4 Å². The Morgan fingerprint density at radius 2 is 1.45 bits per heavy atom. The summed E-state index contributed by atoms with van der Waals surface area (Å²) in [5.74, 6) is -0.127. The molecule has 0 bridgehead atoms. The van der Waals surface area contributed by atoms with Crippen molar-refractivity contribution >= 4 is 34.2 Å². The highest BCUT2D eigenvalue weighted by Crippen LogP contribution is 2.31. The maximum Gasteiger partial charge on any atom is 0.338 e. The molecule has 0 radical (unpaired) electrons. The molecule has 7 nitrogen and oxygen atoms in total. The molecule has 0 saturated heterocycles. The van der Waals surface area contributed by atoms with Gasteiger partial charge in [0.1, 0.15) is 5.69 Å². The van der Waals surface area contributed by atoms with Crippen LogP contribution in [0, 0.1) is 0 Å². The molecular formula is C26H23N3O4. The molecule has 0 atom stereocenters. The minimum atomic E-state index is -0.388. The van der Waals surface area contributed by atoms with Gasteiger partial charge >= 0.3 is 11.9 Å². The fourth-order valence-corrected chi connectivity index (χ4v) is 3.40. The van der Waals surface area contributed by atoms with Gasteiger partial charge in [0.15, 0.2) is 5.82 Å². The van der Waals surface area contributed by atoms with Crippen molar-refractivity contribution in [1.82, 2.24) is 10.2 Å². The van der Waals surface area contributed by atoms with Gasteiger partial charge in [-0.05, 0) is 42.8 Å². The summed E-state index contributed by atoms with van der Waals surface area (Å²) in [6.45, 7) is 2.35. The number of nitrogens with zero attached hydrogens (tertiary/aromatic N) is 2. The summed E-state index contributed by atoms with van der Waals surface area (Å²) in [5, 5.41) is 13.9. The number of hydrogen-bond donors (Lipinski definition) is 1. The van der Waals surface area contributed by atoms with Gasteiger partial charge in [-0.15, -0.1) is 10.2 Å². The van der Waals surface area contributed by atoms with Crippen LogP contribution in [0.3, 0.4) is 0 Å². The number of rotatable bonds is 7. The number of aromatic nitrogens is 2. The van der Waals surface area contributed by atoms with Crippen LogP contribution in [0.25, 0.3) is 22.0 Å². The third-order valence-electron chi connectivity index (χ3n) is 5.09. The van der Waals surface area contributed by atoms with E-state index in [1.165, 1.54) is 7.11 Å². The van der Waals surface area contributed by atoms with E-state index in [9.17, 15) is 9.59 Å². The van der Waals surface area contributed by atoms with E-state index in [-0.39, 0.29) is 11.9 Å². The first-order valence-electron chi connectivity index (χ1n) is 10.6. The Hall–Kier alpha value is -4.26. The Morgan fingerprint density at radius 3 is 2.12 bits per heavy atom. The number of esters is 2. The normalized spacial score (nSPS) is 10.6. The fraction of sp³-hybridized carbons (Fsp3) is 0.154. The SMILES string of the molecule is CCCOC(=O)c1ccc(-c2nnc(Nc3ccc(C(=O)OC)cc3)c3ccccc23)cc1. The van der Waals surface area contributed by atoms with Crippen molar-refractivity contribution in [2.45, 2.75) is 13.3 Å². The summed E-state index contributed by atoms with van der Waals surface area (Å²) in [5.41, 5.74) is 3.30. The lowest BCUT2D eigenvalue weighted by atomic mass is 10.0. The van der Waals surface area contributed by atoms with Crippen molar-refractivity contribution in [3.05, 3.63) is 83.9 Å². The molecule has 1 aromatic heterocycles. The molecule has 0 aliphatic rings. The zero-order valence-corrected chi connectivity index (χ0v) is 18.4. The first-order valence-corrected chi connectivity index (χ1v) is 10.6. The molecule has 7 heteroatoms. The van der Waals surface area contributed by atoms with Crippen molar-refractivity contribution in [3.63, 3.8) is 0 Å². The van der Waals surface area contributed by atoms with E-state index in [0.29, 0.717) is 29.2 Å². The number of ether oxygens (including phenoxy) is 2. The van der Waals surface area contributed by atoms with Crippen molar-refractivity contribution in [2.75, 3.05) is 19.0 Å². The lowest BCUT2D eigenvalue weighted by Gasteiger charge is -2.12. The second kappa shape index (κ2) is 9.91. The summed E-state index contributed by atoms with van der Waals surface area (Å²) < 4.78 is 9.93. The van der Waals surface area contributed by atoms with Gasteiger partial charge < -0.3 is 14.8 Å². The first-order chi connectivity index (χ1) is 16.1. The van der Waals surface area contributed by atoms with E-state index < -0.39 is 0 Å². The van der Waals surface area contributed by atoms with Crippen LogP contribution in [0.1, 0.15) is 34.1 Å². The molecule has 0 spiro atoms. The number of nitrogens with one attached hydrogen (secondary N) is 1. The molecule has 1 heterocycles. The summed E-state index contributed by atoms with van der Waals surface area (Å²) >= 11 is 0. The second-order valence-electron chi connectivity index (χ2n) is 7.35. The summed E-state index contributed by atoms with van der Waals surface area (Å²) in [6, 6.07) is 21.9. The molecule has 0 fully saturated rings. The minimum Gasteiger partial charge on any atom is -0.465 e. The van der Waals surface area contributed by atoms with Gasteiger partial charge in [-0.2, -0.15) is 0 Å². The molecule has 3 aromatic carbocycles. The van der Waals surface area contributed by atoms with Crippen molar-refractivity contribution in [2.24, 2.45) is 0 Å². The molecule has 4 aromatic rings. The minimum absolute atomic E-state index is 0.336. The van der Waals surface area contributed by atoms with Gasteiger partial charge in [0.25, 0.3) is 0 Å². The fourth-order valence-electron chi connectivity index (χ4n) is 3.40. The lowest BCUT2D eigenvalue weighted by Crippen LogP contribution is -2.05. The average molecular weight is 441 g/mol. The number of carbonyl (C=O) groups is 2. The van der Waals surface area contributed by atoms with E-state index in [4.69, 9.17) is 9.47 Å². The quantitative estimate of drug-likeness (QED) is 0.384. The van der Waals surface area contributed by atoms with E-state index in [2.05, 4.69) is 15.5 Å². The van der Waals surface area contributed by atoms with Crippen molar-refractivity contribution < 1.29 is 19.1 Å². The zero-order valence-electron chi connectivity index (χ0n) is 18.4. The highest BCUT2D eigenvalue weighted by atomic mass is 16.5. The standard InChI is InChI=1S/C26H23N3O4/c1-3-16-33-26(31)19-10-8-17(9-11-19)23-21-6-4-5-7-22(21)24(29-28-23)27-20-14-12-18(13-15-20)25(30)32-2/h4-15H,3,16H2,1-2H3,(H,27,29). The Kier molecular flexibility index (Phi) is 6.59. The first kappa shape index (κ1) is 22.0. The van der Waals surface area contributed by atoms with Crippen LogP contribution in [0.2, 0.25) is 0 Å². The van der Waals surface area contributed by atoms with Crippen LogP contribution in [0.4, 0.5) is 11.5 Å². The predicted octanol–water partition coefficient (Wildman–Crippen LogP) is 5.39. The largest absolute Gasteiger partial charge is 0.465 e. The molecule has 0 saturated carbocycles. The Morgan fingerprint density at radius 1 is 0.818 bits per heavy atom. The number of anilines is 2. The van der Waals surface area contributed by atoms with Crippen LogP contribution >= 0.6 is 0 Å². The topological polar surface area (TPSA) is 90.4 Å². The zero-order chi connectivity index (χ0) is 23.2. The van der Waals surface area contributed by atoms with Gasteiger partial charge in [-0.3, -0.25) is 0 Å². The molecule has 0 aliphatic heterocycles. The Bertz CT molecular complexity index is 1290. The molecule has 33 heavy (non-hydrogen) atoms. The summed E-state index contributed by atoms with van der Waals surface area (Å²) in [6.07, 6.45) is 0.779. The van der Waals surface area contributed by atoms with Gasteiger partial charge in [-0.25, -0.2) is 9.59 Å². The second-order valence-corrected chi connectivity index (χ2v) is 7.35. The third-order valence-corrected chi connectivity index (χ3v) is 5.09. The predicted molar refractivity (Wildman–Crippen MR) is 127 cm³/mol. The van der Waals surface area contributed by atoms with Crippen LogP contribution in [0.15, 0.2) is 72.8 Å². The van der Waals surface area contributed by atoms with Gasteiger partial charge in [0, 0.05) is 22.0 Å². The maximum absolute atomic E-state index is 12.1. The lowest BCUT2D eigenvalue weighted by molar-refractivity contribution is 0.0504. The Balaban J connectivity index is 1.63. The number of carbonyl (C=O) groups excluding carboxylic acids is 2. The summed E-state index contributed by atoms with van der Waals surface area (Å²) in [7, 11) is 1.35. The number of methoxy groups -OCH3 is 1. The third kappa shape index (κ3) is 4.82. The highest BCUT2D eigenvalue weighted by molar-refractivity contribution is 6.01. The van der Waals surface area contributed by atoms with Crippen LogP contribution in [0.5, 0.6) is 0 Å². The highest BCUT2D eigenvalue weighted by Gasteiger charge is 2.13. The van der Waals surface area contributed by atoms with Gasteiger partial charge in [0.05, 0.1) is 24.8 Å². The molecule has 0 amide bonds. The van der Waals surface area contributed by atoms with E-state index in [1.54, 1.807) is 36.4 Å². The van der Waals surface area contributed by atoms with Crippen molar-refractivity contribution in [1.29, 1.82) is 0 Å². The van der Waals surface area contributed by atoms with E-state index in [1.807, 2.05) is 43.3 Å². The number of hydrogen-bond acceptors (Lipinski definition) is 7. The molecule has 1 N–H and O–H groups in total. The summed E-state index contributed by atoms with van der Waals surface area (Å²) in [4.78, 5) is 23.7. The van der Waals surface area contributed by atoms with Crippen LogP contribution in [-0.2, 0) is 9.47 Å². The van der Waals surface area contributed by atoms with Crippen molar-refractivity contribution in [3.8, 4) is 11.3 Å². The Labute approximate surface area is 191 Å². The monoisotopic (exact) mass is 441 g/mol. The number of fused-ring (bicyclic) bond motifs is 1. The van der Waals surface area contributed by atoms with Gasteiger partial charge in [-0.1, -0.05) is 43.3 Å². The molecule has 0 unspecified atom stereocenters. The number of benzene rings is 3. The smallest absolute Gasteiger partial charge is 0.338 e. The average Bonchev–Trinajstić information content (AvgIpc) is 2.87. The molecule has 4 rings (SSSR count). The molecule has 0 aliphatic carbocycles. The van der Waals surface area contributed by atoms with Gasteiger partial charge in [0.2, 0.25) is 0 Å². The molecule has 166 valence electrons. The van der Waals surface area contributed by atoms with Crippen LogP contribution < -0.4 is 5.32 Å².